The summed E-state index contributed by atoms with van der Waals surface area (Å²) in [6.07, 6.45) is 6.59. The number of carbonyl (C=O) groups is 1. The monoisotopic (exact) mass is 170 g/mol. The normalized spacial score (nSPS) is 19.0. The van der Waals surface area contributed by atoms with E-state index in [1.54, 1.807) is 0 Å². The molecule has 0 aromatic carbocycles. The first-order valence-electron chi connectivity index (χ1n) is 4.67. The zero-order valence-corrected chi connectivity index (χ0v) is 7.34. The molecular weight excluding hydrogens is 154 g/mol. The zero-order valence-electron chi connectivity index (χ0n) is 7.34. The highest BCUT2D eigenvalue weighted by Gasteiger charge is 2.13. The SMILES string of the molecule is [NH]C(=O)OCCC1CCCCC1. The molecule has 0 aromatic heterocycles. The summed E-state index contributed by atoms with van der Waals surface area (Å²) in [6, 6.07) is 0. The number of rotatable bonds is 3. The Labute approximate surface area is 73.3 Å². The van der Waals surface area contributed by atoms with Crippen LogP contribution in [0.25, 0.3) is 0 Å². The molecule has 1 N–H and O–H groups in total. The zero-order chi connectivity index (χ0) is 8.81. The van der Waals surface area contributed by atoms with Gasteiger partial charge in [0.2, 0.25) is 0 Å². The van der Waals surface area contributed by atoms with Gasteiger partial charge in [0.1, 0.15) is 0 Å². The van der Waals surface area contributed by atoms with E-state index in [9.17, 15) is 4.79 Å². The number of amides is 1. The van der Waals surface area contributed by atoms with Crippen molar-refractivity contribution in [2.24, 2.45) is 5.92 Å². The van der Waals surface area contributed by atoms with Gasteiger partial charge < -0.3 is 4.74 Å². The van der Waals surface area contributed by atoms with Crippen molar-refractivity contribution in [3.8, 4) is 0 Å². The molecule has 0 saturated heterocycles. The number of hydrogen-bond acceptors (Lipinski definition) is 2. The molecular formula is C9H16NO2. The topological polar surface area (TPSA) is 50.1 Å². The third kappa shape index (κ3) is 3.60. The van der Waals surface area contributed by atoms with Crippen LogP contribution in [0.3, 0.4) is 0 Å². The van der Waals surface area contributed by atoms with E-state index in [-0.39, 0.29) is 0 Å². The van der Waals surface area contributed by atoms with E-state index in [2.05, 4.69) is 4.74 Å². The van der Waals surface area contributed by atoms with E-state index >= 15 is 0 Å². The van der Waals surface area contributed by atoms with Crippen molar-refractivity contribution in [3.63, 3.8) is 0 Å². The Morgan fingerprint density at radius 1 is 1.33 bits per heavy atom. The molecule has 0 aromatic rings. The Bertz CT molecular complexity index is 141. The lowest BCUT2D eigenvalue weighted by Crippen LogP contribution is -2.11. The average molecular weight is 170 g/mol. The first kappa shape index (κ1) is 9.36. The molecule has 1 radical (unpaired) electrons. The minimum absolute atomic E-state index is 0.438. The summed E-state index contributed by atoms with van der Waals surface area (Å²) in [4.78, 5) is 10.1. The Morgan fingerprint density at radius 3 is 2.58 bits per heavy atom. The molecule has 0 spiro atoms. The lowest BCUT2D eigenvalue weighted by atomic mass is 9.87. The molecule has 0 atom stereocenters. The van der Waals surface area contributed by atoms with E-state index in [1.165, 1.54) is 32.1 Å². The van der Waals surface area contributed by atoms with Gasteiger partial charge in [-0.15, -0.1) is 0 Å². The maximum Gasteiger partial charge on any atom is 0.426 e. The lowest BCUT2D eigenvalue weighted by Gasteiger charge is -2.20. The molecule has 3 nitrogen and oxygen atoms in total. The van der Waals surface area contributed by atoms with Crippen molar-refractivity contribution in [3.05, 3.63) is 0 Å². The van der Waals surface area contributed by atoms with Crippen LogP contribution in [-0.4, -0.2) is 12.7 Å². The van der Waals surface area contributed by atoms with Gasteiger partial charge in [-0.2, -0.15) is 0 Å². The van der Waals surface area contributed by atoms with Crippen molar-refractivity contribution in [1.29, 1.82) is 0 Å². The Morgan fingerprint density at radius 2 is 2.00 bits per heavy atom. The second-order valence-corrected chi connectivity index (χ2v) is 3.43. The molecule has 3 heteroatoms. The van der Waals surface area contributed by atoms with Gasteiger partial charge in [0.25, 0.3) is 0 Å². The molecule has 0 heterocycles. The molecule has 0 unspecified atom stereocenters. The van der Waals surface area contributed by atoms with Crippen molar-refractivity contribution in [2.45, 2.75) is 38.5 Å². The van der Waals surface area contributed by atoms with E-state index in [0.29, 0.717) is 6.61 Å². The molecule has 1 saturated carbocycles. The highest BCUT2D eigenvalue weighted by Crippen LogP contribution is 2.25. The lowest BCUT2D eigenvalue weighted by molar-refractivity contribution is 0.142. The van der Waals surface area contributed by atoms with E-state index in [0.717, 1.165) is 12.3 Å². The molecule has 1 aliphatic carbocycles. The van der Waals surface area contributed by atoms with Crippen molar-refractivity contribution < 1.29 is 9.53 Å². The third-order valence-electron chi connectivity index (χ3n) is 2.48. The van der Waals surface area contributed by atoms with E-state index in [4.69, 9.17) is 5.73 Å². The van der Waals surface area contributed by atoms with E-state index < -0.39 is 6.09 Å². The second-order valence-electron chi connectivity index (χ2n) is 3.43. The Balaban J connectivity index is 2.01. The summed E-state index contributed by atoms with van der Waals surface area (Å²) in [5, 5.41) is 0. The van der Waals surface area contributed by atoms with Crippen molar-refractivity contribution >= 4 is 6.09 Å². The highest BCUT2D eigenvalue weighted by molar-refractivity contribution is 5.63. The summed E-state index contributed by atoms with van der Waals surface area (Å²) in [7, 11) is 0. The Hall–Kier alpha value is -0.730. The third-order valence-corrected chi connectivity index (χ3v) is 2.48. The largest absolute Gasteiger partial charge is 0.448 e. The van der Waals surface area contributed by atoms with Crippen LogP contribution < -0.4 is 5.73 Å². The van der Waals surface area contributed by atoms with Crippen molar-refractivity contribution in [2.75, 3.05) is 6.61 Å². The van der Waals surface area contributed by atoms with Gasteiger partial charge in [-0.25, -0.2) is 10.5 Å². The van der Waals surface area contributed by atoms with Gasteiger partial charge in [0, 0.05) is 0 Å². The summed E-state index contributed by atoms with van der Waals surface area (Å²) in [5.74, 6) is 0.734. The number of ether oxygens (including phenoxy) is 1. The molecule has 1 amide bonds. The molecule has 1 fully saturated rings. The van der Waals surface area contributed by atoms with Crippen LogP contribution in [0.4, 0.5) is 4.79 Å². The first-order chi connectivity index (χ1) is 5.79. The minimum atomic E-state index is -0.897. The molecule has 69 valence electrons. The number of carbonyl (C=O) groups excluding carboxylic acids is 1. The average Bonchev–Trinajstić information content (AvgIpc) is 2.05. The summed E-state index contributed by atoms with van der Waals surface area (Å²) >= 11 is 0. The fourth-order valence-corrected chi connectivity index (χ4v) is 1.79. The van der Waals surface area contributed by atoms with Crippen LogP contribution in [0, 0.1) is 5.92 Å². The maximum absolute atomic E-state index is 10.1. The summed E-state index contributed by atoms with van der Waals surface area (Å²) in [5.41, 5.74) is 6.53. The van der Waals surface area contributed by atoms with Gasteiger partial charge in [-0.1, -0.05) is 32.1 Å². The second kappa shape index (κ2) is 5.01. The van der Waals surface area contributed by atoms with Gasteiger partial charge in [-0.3, -0.25) is 0 Å². The van der Waals surface area contributed by atoms with Crippen LogP contribution in [0.2, 0.25) is 0 Å². The standard InChI is InChI=1S/C9H16NO2/c10-9(11)12-7-6-8-4-2-1-3-5-8/h8,10H,1-7H2. The number of nitrogens with one attached hydrogen (secondary N) is 1. The van der Waals surface area contributed by atoms with Gasteiger partial charge >= 0.3 is 6.09 Å². The Kier molecular flexibility index (Phi) is 3.91. The highest BCUT2D eigenvalue weighted by atomic mass is 16.5. The quantitative estimate of drug-likeness (QED) is 0.652. The maximum atomic E-state index is 10.1. The van der Waals surface area contributed by atoms with Gasteiger partial charge in [0.05, 0.1) is 6.61 Å². The van der Waals surface area contributed by atoms with Crippen LogP contribution in [0.15, 0.2) is 0 Å². The fourth-order valence-electron chi connectivity index (χ4n) is 1.79. The summed E-state index contributed by atoms with van der Waals surface area (Å²) in [6.45, 7) is 0.438. The molecule has 1 rings (SSSR count). The first-order valence-corrected chi connectivity index (χ1v) is 4.67. The van der Waals surface area contributed by atoms with E-state index in [1.807, 2.05) is 0 Å². The molecule has 0 aliphatic heterocycles. The van der Waals surface area contributed by atoms with Crippen molar-refractivity contribution in [1.82, 2.24) is 5.73 Å². The van der Waals surface area contributed by atoms with Crippen LogP contribution in [0.5, 0.6) is 0 Å². The van der Waals surface area contributed by atoms with Crippen LogP contribution in [-0.2, 0) is 4.74 Å². The molecule has 12 heavy (non-hydrogen) atoms. The summed E-state index contributed by atoms with van der Waals surface area (Å²) < 4.78 is 4.57. The fraction of sp³-hybridized carbons (Fsp3) is 0.889. The van der Waals surface area contributed by atoms with Crippen LogP contribution >= 0.6 is 0 Å². The number of hydrogen-bond donors (Lipinski definition) is 0. The molecule has 0 bridgehead atoms. The predicted octanol–water partition coefficient (Wildman–Crippen LogP) is 2.38. The van der Waals surface area contributed by atoms with Gasteiger partial charge in [0.15, 0.2) is 0 Å². The molecule has 1 aliphatic rings. The van der Waals surface area contributed by atoms with Gasteiger partial charge in [-0.05, 0) is 12.3 Å². The predicted molar refractivity (Wildman–Crippen MR) is 45.6 cm³/mol. The minimum Gasteiger partial charge on any atom is -0.448 e. The van der Waals surface area contributed by atoms with Crippen LogP contribution in [0.1, 0.15) is 38.5 Å². The smallest absolute Gasteiger partial charge is 0.426 e.